The number of hydrogen-bond donors (Lipinski definition) is 1. The fourth-order valence-corrected chi connectivity index (χ4v) is 4.73. The van der Waals surface area contributed by atoms with Gasteiger partial charge in [-0.05, 0) is 47.5 Å². The largest absolute Gasteiger partial charge is 0.333 e. The minimum absolute atomic E-state index is 0.0819. The third-order valence-corrected chi connectivity index (χ3v) is 6.62. The highest BCUT2D eigenvalue weighted by atomic mass is 35.5. The molecule has 0 radical (unpaired) electrons. The Kier molecular flexibility index (Phi) is 6.99. The van der Waals surface area contributed by atoms with Gasteiger partial charge < -0.3 is 5.32 Å². The van der Waals surface area contributed by atoms with Crippen LogP contribution in [0.3, 0.4) is 0 Å². The van der Waals surface area contributed by atoms with Gasteiger partial charge in [-0.3, -0.25) is 9.47 Å². The van der Waals surface area contributed by atoms with Gasteiger partial charge in [0.2, 0.25) is 5.95 Å². The first-order valence-electron chi connectivity index (χ1n) is 11.5. The van der Waals surface area contributed by atoms with Crippen LogP contribution in [0.15, 0.2) is 54.7 Å². The van der Waals surface area contributed by atoms with Crippen molar-refractivity contribution in [3.05, 3.63) is 106 Å². The van der Waals surface area contributed by atoms with Crippen molar-refractivity contribution in [2.24, 2.45) is 0 Å². The third-order valence-electron chi connectivity index (χ3n) is 6.33. The van der Waals surface area contributed by atoms with Gasteiger partial charge in [-0.2, -0.15) is 4.39 Å². The quantitative estimate of drug-likeness (QED) is 0.252. The van der Waals surface area contributed by atoms with Gasteiger partial charge in [-0.25, -0.2) is 22.9 Å². The second-order valence-corrected chi connectivity index (χ2v) is 9.15. The molecule has 0 spiro atoms. The second kappa shape index (κ2) is 10.4. The lowest BCUT2D eigenvalue weighted by Gasteiger charge is -2.27. The van der Waals surface area contributed by atoms with E-state index in [0.29, 0.717) is 42.5 Å². The Morgan fingerprint density at radius 1 is 1.08 bits per heavy atom. The number of hydrogen-bond acceptors (Lipinski definition) is 3. The highest BCUT2D eigenvalue weighted by Crippen LogP contribution is 2.34. The van der Waals surface area contributed by atoms with E-state index in [1.807, 2.05) is 0 Å². The van der Waals surface area contributed by atoms with Crippen LogP contribution in [0.4, 0.5) is 22.4 Å². The fourth-order valence-electron chi connectivity index (χ4n) is 4.57. The van der Waals surface area contributed by atoms with E-state index in [0.717, 1.165) is 17.3 Å². The first kappa shape index (κ1) is 25.0. The van der Waals surface area contributed by atoms with Gasteiger partial charge in [0, 0.05) is 61.5 Å². The number of fused-ring (bicyclic) bond motifs is 3. The number of amides is 1. The van der Waals surface area contributed by atoms with Gasteiger partial charge in [-0.15, -0.1) is 0 Å². The maximum absolute atomic E-state index is 14.4. The highest BCUT2D eigenvalue weighted by molar-refractivity contribution is 6.31. The summed E-state index contributed by atoms with van der Waals surface area (Å²) in [5.74, 6) is -2.52. The number of halogens is 5. The van der Waals surface area contributed by atoms with Crippen molar-refractivity contribution < 1.29 is 22.4 Å². The summed E-state index contributed by atoms with van der Waals surface area (Å²) in [5.41, 5.74) is 2.83. The van der Waals surface area contributed by atoms with Crippen molar-refractivity contribution in [1.82, 2.24) is 19.8 Å². The number of rotatable bonds is 5. The molecule has 0 bridgehead atoms. The van der Waals surface area contributed by atoms with E-state index in [9.17, 15) is 22.4 Å². The second-order valence-electron chi connectivity index (χ2n) is 8.74. The average Bonchev–Trinajstić information content (AvgIpc) is 3.17. The maximum Gasteiger partial charge on any atom is 0.326 e. The summed E-state index contributed by atoms with van der Waals surface area (Å²) in [6.45, 7) is 1.58. The van der Waals surface area contributed by atoms with Crippen LogP contribution >= 0.6 is 11.6 Å². The van der Waals surface area contributed by atoms with Crippen LogP contribution in [-0.4, -0.2) is 33.6 Å². The van der Waals surface area contributed by atoms with E-state index < -0.39 is 29.4 Å². The Morgan fingerprint density at radius 3 is 2.70 bits per heavy atom. The van der Waals surface area contributed by atoms with Gasteiger partial charge in [-0.1, -0.05) is 23.8 Å². The van der Waals surface area contributed by atoms with E-state index in [1.165, 1.54) is 41.1 Å². The van der Waals surface area contributed by atoms with Crippen molar-refractivity contribution in [1.29, 1.82) is 0 Å². The standard InChI is InChI=1S/C27H21ClF4N4O/c28-21-13-25-19(12-23(21)31)20-15-35(8-1-2-17-3-4-18(29)11-22(17)30)9-6-24(20)36(25)27(37)34-14-16-5-7-33-26(32)10-16/h1-5,7,10-13H,6,8-9,14-15H2,(H,34,37)/b2-1+. The summed E-state index contributed by atoms with van der Waals surface area (Å²) in [6.07, 6.45) is 5.18. The molecule has 0 saturated carbocycles. The van der Waals surface area contributed by atoms with Gasteiger partial charge in [0.1, 0.15) is 17.5 Å². The Balaban J connectivity index is 1.40. The SMILES string of the molecule is O=C(NCc1ccnc(F)c1)n1c2c(c3cc(F)c(Cl)cc31)CN(C/C=C/c1ccc(F)cc1F)CC2. The van der Waals surface area contributed by atoms with E-state index in [-0.39, 0.29) is 17.1 Å². The lowest BCUT2D eigenvalue weighted by Crippen LogP contribution is -2.34. The fraction of sp³-hybridized carbons (Fsp3) is 0.185. The summed E-state index contributed by atoms with van der Waals surface area (Å²) >= 11 is 6.05. The van der Waals surface area contributed by atoms with Crippen LogP contribution < -0.4 is 5.32 Å². The van der Waals surface area contributed by atoms with Gasteiger partial charge in [0.05, 0.1) is 10.5 Å². The number of carbonyl (C=O) groups excluding carboxylic acids is 1. The Labute approximate surface area is 215 Å². The Bertz CT molecular complexity index is 1530. The molecule has 1 amide bonds. The van der Waals surface area contributed by atoms with Crippen molar-refractivity contribution in [2.75, 3.05) is 13.1 Å². The van der Waals surface area contributed by atoms with Crippen LogP contribution in [0.2, 0.25) is 5.02 Å². The molecular formula is C27H21ClF4N4O. The molecule has 190 valence electrons. The molecule has 10 heteroatoms. The van der Waals surface area contributed by atoms with Crippen LogP contribution in [-0.2, 0) is 19.5 Å². The minimum atomic E-state index is -0.645. The third kappa shape index (κ3) is 5.23. The normalized spacial score (nSPS) is 13.9. The zero-order valence-corrected chi connectivity index (χ0v) is 20.2. The molecule has 0 aliphatic carbocycles. The van der Waals surface area contributed by atoms with Crippen LogP contribution in [0, 0.1) is 23.4 Å². The van der Waals surface area contributed by atoms with E-state index in [4.69, 9.17) is 11.6 Å². The maximum atomic E-state index is 14.4. The molecule has 1 aliphatic rings. The van der Waals surface area contributed by atoms with Crippen molar-refractivity contribution in [3.8, 4) is 0 Å². The topological polar surface area (TPSA) is 50.2 Å². The molecule has 1 aliphatic heterocycles. The molecule has 37 heavy (non-hydrogen) atoms. The van der Waals surface area contributed by atoms with Crippen LogP contribution in [0.1, 0.15) is 22.4 Å². The molecule has 0 atom stereocenters. The van der Waals surface area contributed by atoms with Gasteiger partial charge in [0.25, 0.3) is 0 Å². The summed E-state index contributed by atoms with van der Waals surface area (Å²) in [4.78, 5) is 18.8. The lowest BCUT2D eigenvalue weighted by molar-refractivity contribution is 0.240. The molecule has 2 aromatic heterocycles. The molecule has 5 rings (SSSR count). The number of nitrogens with zero attached hydrogens (tertiary/aromatic N) is 3. The van der Waals surface area contributed by atoms with Crippen molar-refractivity contribution in [3.63, 3.8) is 0 Å². The van der Waals surface area contributed by atoms with E-state index in [1.54, 1.807) is 18.2 Å². The summed E-state index contributed by atoms with van der Waals surface area (Å²) in [5, 5.41) is 3.25. The average molecular weight is 529 g/mol. The Hall–Kier alpha value is -3.69. The number of nitrogens with one attached hydrogen (secondary N) is 1. The molecule has 4 aromatic rings. The minimum Gasteiger partial charge on any atom is -0.333 e. The highest BCUT2D eigenvalue weighted by Gasteiger charge is 2.27. The smallest absolute Gasteiger partial charge is 0.326 e. The monoisotopic (exact) mass is 528 g/mol. The van der Waals surface area contributed by atoms with Crippen molar-refractivity contribution in [2.45, 2.75) is 19.5 Å². The predicted octanol–water partition coefficient (Wildman–Crippen LogP) is 6.08. The zero-order chi connectivity index (χ0) is 26.1. The Morgan fingerprint density at radius 2 is 1.92 bits per heavy atom. The first-order valence-corrected chi connectivity index (χ1v) is 11.9. The number of carbonyl (C=O) groups is 1. The zero-order valence-electron chi connectivity index (χ0n) is 19.4. The van der Waals surface area contributed by atoms with Gasteiger partial charge in [0.15, 0.2) is 0 Å². The molecule has 5 nitrogen and oxygen atoms in total. The molecule has 2 aromatic carbocycles. The lowest BCUT2D eigenvalue weighted by atomic mass is 10.0. The summed E-state index contributed by atoms with van der Waals surface area (Å²) in [7, 11) is 0. The summed E-state index contributed by atoms with van der Waals surface area (Å²) < 4.78 is 56.4. The van der Waals surface area contributed by atoms with Crippen LogP contribution in [0.5, 0.6) is 0 Å². The van der Waals surface area contributed by atoms with Crippen molar-refractivity contribution >= 4 is 34.6 Å². The molecule has 0 fully saturated rings. The van der Waals surface area contributed by atoms with E-state index in [2.05, 4.69) is 15.2 Å². The number of aromatic nitrogens is 2. The van der Waals surface area contributed by atoms with E-state index >= 15 is 0 Å². The molecule has 0 unspecified atom stereocenters. The molecule has 3 heterocycles. The molecule has 1 N–H and O–H groups in total. The van der Waals surface area contributed by atoms with Gasteiger partial charge >= 0.3 is 6.03 Å². The number of benzene rings is 2. The molecular weight excluding hydrogens is 508 g/mol. The van der Waals surface area contributed by atoms with Crippen LogP contribution in [0.25, 0.3) is 17.0 Å². The summed E-state index contributed by atoms with van der Waals surface area (Å²) in [6, 6.07) is 8.54. The predicted molar refractivity (Wildman–Crippen MR) is 133 cm³/mol. The first-order chi connectivity index (χ1) is 17.8. The molecule has 0 saturated heterocycles. The number of pyridine rings is 1.